The SMILES string of the molecule is CC(C)C1CCCCC1(CN)N(C)Cc1cccs1. The fraction of sp³-hybridized carbons (Fsp3) is 0.750. The van der Waals surface area contributed by atoms with Gasteiger partial charge in [-0.3, -0.25) is 4.90 Å². The first-order valence-corrected chi connectivity index (χ1v) is 8.42. The van der Waals surface area contributed by atoms with Crippen LogP contribution in [0.3, 0.4) is 0 Å². The number of nitrogens with zero attached hydrogens (tertiary/aromatic N) is 1. The van der Waals surface area contributed by atoms with E-state index in [9.17, 15) is 0 Å². The molecule has 1 aliphatic rings. The lowest BCUT2D eigenvalue weighted by Gasteiger charge is -2.51. The van der Waals surface area contributed by atoms with Crippen molar-refractivity contribution >= 4 is 11.3 Å². The van der Waals surface area contributed by atoms with Crippen LogP contribution in [0.5, 0.6) is 0 Å². The van der Waals surface area contributed by atoms with Crippen molar-refractivity contribution in [3.63, 3.8) is 0 Å². The zero-order chi connectivity index (χ0) is 13.9. The van der Waals surface area contributed by atoms with Gasteiger partial charge in [0.05, 0.1) is 0 Å². The van der Waals surface area contributed by atoms with Crippen molar-refractivity contribution in [2.75, 3.05) is 13.6 Å². The van der Waals surface area contributed by atoms with Crippen LogP contribution in [0.1, 0.15) is 44.4 Å². The van der Waals surface area contributed by atoms with Gasteiger partial charge in [-0.15, -0.1) is 11.3 Å². The van der Waals surface area contributed by atoms with Crippen LogP contribution in [0.25, 0.3) is 0 Å². The lowest BCUT2D eigenvalue weighted by Crippen LogP contribution is -2.59. The molecule has 1 aromatic heterocycles. The number of hydrogen-bond donors (Lipinski definition) is 1. The van der Waals surface area contributed by atoms with Crippen LogP contribution in [0.15, 0.2) is 17.5 Å². The van der Waals surface area contributed by atoms with Crippen LogP contribution < -0.4 is 5.73 Å². The minimum absolute atomic E-state index is 0.205. The summed E-state index contributed by atoms with van der Waals surface area (Å²) in [6, 6.07) is 4.38. The van der Waals surface area contributed by atoms with Crippen molar-refractivity contribution in [2.45, 2.75) is 51.6 Å². The molecule has 0 saturated heterocycles. The van der Waals surface area contributed by atoms with Crippen molar-refractivity contribution in [1.29, 1.82) is 0 Å². The Kier molecular flexibility index (Phi) is 5.04. The zero-order valence-electron chi connectivity index (χ0n) is 12.6. The van der Waals surface area contributed by atoms with Gasteiger partial charge in [0.15, 0.2) is 0 Å². The molecule has 0 aromatic carbocycles. The molecule has 0 radical (unpaired) electrons. The summed E-state index contributed by atoms with van der Waals surface area (Å²) in [5.41, 5.74) is 6.46. The van der Waals surface area contributed by atoms with E-state index in [4.69, 9.17) is 5.73 Å². The largest absolute Gasteiger partial charge is 0.329 e. The van der Waals surface area contributed by atoms with Gasteiger partial charge < -0.3 is 5.73 Å². The van der Waals surface area contributed by atoms with Crippen LogP contribution in [0.4, 0.5) is 0 Å². The van der Waals surface area contributed by atoms with Crippen molar-refractivity contribution in [3.05, 3.63) is 22.4 Å². The predicted molar refractivity (Wildman–Crippen MR) is 84.4 cm³/mol. The highest BCUT2D eigenvalue weighted by Crippen LogP contribution is 2.42. The Labute approximate surface area is 122 Å². The summed E-state index contributed by atoms with van der Waals surface area (Å²) < 4.78 is 0. The molecule has 0 spiro atoms. The van der Waals surface area contributed by atoms with E-state index in [-0.39, 0.29) is 5.54 Å². The van der Waals surface area contributed by atoms with E-state index in [1.165, 1.54) is 30.6 Å². The molecule has 2 atom stereocenters. The molecule has 1 fully saturated rings. The summed E-state index contributed by atoms with van der Waals surface area (Å²) in [4.78, 5) is 3.99. The first-order valence-electron chi connectivity index (χ1n) is 7.54. The van der Waals surface area contributed by atoms with Crippen LogP contribution in [-0.2, 0) is 6.54 Å². The maximum absolute atomic E-state index is 6.26. The Morgan fingerprint density at radius 2 is 2.26 bits per heavy atom. The van der Waals surface area contributed by atoms with E-state index in [1.807, 2.05) is 11.3 Å². The van der Waals surface area contributed by atoms with Gasteiger partial charge in [0.25, 0.3) is 0 Å². The second-order valence-corrected chi connectivity index (χ2v) is 7.37. The van der Waals surface area contributed by atoms with Gasteiger partial charge in [-0.2, -0.15) is 0 Å². The van der Waals surface area contributed by atoms with Gasteiger partial charge >= 0.3 is 0 Å². The normalized spacial score (nSPS) is 28.2. The van der Waals surface area contributed by atoms with E-state index in [1.54, 1.807) is 0 Å². The first kappa shape index (κ1) is 15.0. The highest BCUT2D eigenvalue weighted by atomic mass is 32.1. The molecular weight excluding hydrogens is 252 g/mol. The van der Waals surface area contributed by atoms with Gasteiger partial charge in [0.2, 0.25) is 0 Å². The van der Waals surface area contributed by atoms with E-state index in [2.05, 4.69) is 43.3 Å². The van der Waals surface area contributed by atoms with E-state index < -0.39 is 0 Å². The number of thiophene rings is 1. The third-order valence-corrected chi connectivity index (χ3v) is 5.82. The Morgan fingerprint density at radius 1 is 1.47 bits per heavy atom. The van der Waals surface area contributed by atoms with Crippen LogP contribution in [-0.4, -0.2) is 24.0 Å². The lowest BCUT2D eigenvalue weighted by molar-refractivity contribution is -0.00126. The van der Waals surface area contributed by atoms with Crippen molar-refractivity contribution in [2.24, 2.45) is 17.6 Å². The fourth-order valence-corrected chi connectivity index (χ4v) is 4.64. The molecule has 2 nitrogen and oxygen atoms in total. The van der Waals surface area contributed by atoms with Crippen LogP contribution in [0.2, 0.25) is 0 Å². The van der Waals surface area contributed by atoms with E-state index in [0.717, 1.165) is 24.9 Å². The van der Waals surface area contributed by atoms with E-state index in [0.29, 0.717) is 0 Å². The third kappa shape index (κ3) is 3.04. The van der Waals surface area contributed by atoms with Crippen molar-refractivity contribution in [3.8, 4) is 0 Å². The number of rotatable bonds is 5. The summed E-state index contributed by atoms with van der Waals surface area (Å²) in [5.74, 6) is 1.45. The fourth-order valence-electron chi connectivity index (χ4n) is 3.88. The summed E-state index contributed by atoms with van der Waals surface area (Å²) in [5, 5.41) is 2.17. The average molecular weight is 280 g/mol. The average Bonchev–Trinajstić information content (AvgIpc) is 2.91. The molecule has 0 amide bonds. The Bertz CT molecular complexity index is 374. The molecule has 2 N–H and O–H groups in total. The Hall–Kier alpha value is -0.380. The number of hydrogen-bond acceptors (Lipinski definition) is 3. The Balaban J connectivity index is 2.18. The van der Waals surface area contributed by atoms with Crippen molar-refractivity contribution in [1.82, 2.24) is 4.90 Å². The maximum Gasteiger partial charge on any atom is 0.0363 e. The molecule has 1 aromatic rings. The molecule has 0 bridgehead atoms. The van der Waals surface area contributed by atoms with Gasteiger partial charge in [-0.05, 0) is 43.2 Å². The number of nitrogens with two attached hydrogens (primary N) is 1. The minimum Gasteiger partial charge on any atom is -0.329 e. The minimum atomic E-state index is 0.205. The molecule has 1 aliphatic carbocycles. The standard InChI is InChI=1S/C16H28N2S/c1-13(2)15-8-4-5-9-16(15,12-17)18(3)11-14-7-6-10-19-14/h6-7,10,13,15H,4-5,8-9,11-12,17H2,1-3H3. The lowest BCUT2D eigenvalue weighted by atomic mass is 9.67. The summed E-state index contributed by atoms with van der Waals surface area (Å²) >= 11 is 1.85. The second-order valence-electron chi connectivity index (χ2n) is 6.34. The van der Waals surface area contributed by atoms with Crippen LogP contribution in [0, 0.1) is 11.8 Å². The molecule has 1 heterocycles. The molecule has 3 heteroatoms. The quantitative estimate of drug-likeness (QED) is 0.890. The summed E-state index contributed by atoms with van der Waals surface area (Å²) in [6.07, 6.45) is 5.30. The highest BCUT2D eigenvalue weighted by molar-refractivity contribution is 7.09. The Morgan fingerprint density at radius 3 is 2.84 bits per heavy atom. The molecule has 0 aliphatic heterocycles. The topological polar surface area (TPSA) is 29.3 Å². The molecular formula is C16H28N2S. The molecule has 108 valence electrons. The molecule has 2 unspecified atom stereocenters. The van der Waals surface area contributed by atoms with Gasteiger partial charge in [0.1, 0.15) is 0 Å². The van der Waals surface area contributed by atoms with Gasteiger partial charge in [-0.25, -0.2) is 0 Å². The molecule has 2 rings (SSSR count). The maximum atomic E-state index is 6.26. The van der Waals surface area contributed by atoms with Gasteiger partial charge in [0, 0.05) is 23.5 Å². The number of likely N-dealkylation sites (N-methyl/N-ethyl adjacent to an activating group) is 1. The molecule has 19 heavy (non-hydrogen) atoms. The monoisotopic (exact) mass is 280 g/mol. The summed E-state index contributed by atoms with van der Waals surface area (Å²) in [6.45, 7) is 6.55. The third-order valence-electron chi connectivity index (χ3n) is 4.96. The predicted octanol–water partition coefficient (Wildman–Crippen LogP) is 3.72. The van der Waals surface area contributed by atoms with E-state index >= 15 is 0 Å². The highest BCUT2D eigenvalue weighted by Gasteiger charge is 2.43. The van der Waals surface area contributed by atoms with Crippen LogP contribution >= 0.6 is 11.3 Å². The second kappa shape index (κ2) is 6.38. The smallest absolute Gasteiger partial charge is 0.0363 e. The first-order chi connectivity index (χ1) is 9.10. The summed E-state index contributed by atoms with van der Waals surface area (Å²) in [7, 11) is 2.27. The zero-order valence-corrected chi connectivity index (χ0v) is 13.4. The molecule has 1 saturated carbocycles. The van der Waals surface area contributed by atoms with Crippen molar-refractivity contribution < 1.29 is 0 Å². The van der Waals surface area contributed by atoms with Gasteiger partial charge in [-0.1, -0.05) is 32.8 Å².